The van der Waals surface area contributed by atoms with Gasteiger partial charge in [-0.25, -0.2) is 0 Å². The second-order valence-corrected chi connectivity index (χ2v) is 4.42. The second-order valence-electron chi connectivity index (χ2n) is 4.42. The number of rotatable bonds is 5. The molecule has 0 radical (unpaired) electrons. The van der Waals surface area contributed by atoms with Crippen LogP contribution in [0.4, 0.5) is 0 Å². The Hall–Kier alpha value is -2.01. The van der Waals surface area contributed by atoms with Crippen LogP contribution in [0, 0.1) is 0 Å². The van der Waals surface area contributed by atoms with Crippen molar-refractivity contribution in [3.8, 4) is 11.5 Å². The van der Waals surface area contributed by atoms with E-state index >= 15 is 0 Å². The molecule has 0 spiro atoms. The van der Waals surface area contributed by atoms with Crippen LogP contribution in [0.5, 0.6) is 11.5 Å². The third-order valence-corrected chi connectivity index (χ3v) is 3.01. The first-order valence-corrected chi connectivity index (χ1v) is 6.48. The molecule has 0 amide bonds. The average Bonchev–Trinajstić information content (AvgIpc) is 2.97. The number of fused-ring (bicyclic) bond motifs is 1. The van der Waals surface area contributed by atoms with Gasteiger partial charge < -0.3 is 14.8 Å². The number of hydrogen-bond donors (Lipinski definition) is 1. The minimum absolute atomic E-state index is 0.628. The van der Waals surface area contributed by atoms with Crippen molar-refractivity contribution in [1.82, 2.24) is 15.1 Å². The highest BCUT2D eigenvalue weighted by atomic mass is 16.6. The van der Waals surface area contributed by atoms with Crippen molar-refractivity contribution in [3.05, 3.63) is 42.2 Å². The molecule has 3 rings (SSSR count). The zero-order chi connectivity index (χ0) is 12.9. The number of nitrogens with one attached hydrogen (secondary N) is 1. The summed E-state index contributed by atoms with van der Waals surface area (Å²) in [6.45, 7) is 3.84. The Morgan fingerprint density at radius 3 is 2.95 bits per heavy atom. The van der Waals surface area contributed by atoms with Gasteiger partial charge in [0.2, 0.25) is 0 Å². The van der Waals surface area contributed by atoms with E-state index < -0.39 is 0 Å². The van der Waals surface area contributed by atoms with E-state index in [9.17, 15) is 0 Å². The summed E-state index contributed by atoms with van der Waals surface area (Å²) in [5.41, 5.74) is 1.20. The number of nitrogens with zero attached hydrogens (tertiary/aromatic N) is 2. The predicted octanol–water partition coefficient (Wildman–Crippen LogP) is 1.44. The molecule has 19 heavy (non-hydrogen) atoms. The van der Waals surface area contributed by atoms with E-state index in [1.54, 1.807) is 6.20 Å². The van der Waals surface area contributed by atoms with Crippen LogP contribution in [0.2, 0.25) is 0 Å². The lowest BCUT2D eigenvalue weighted by atomic mass is 10.2. The Morgan fingerprint density at radius 2 is 2.11 bits per heavy atom. The van der Waals surface area contributed by atoms with Crippen molar-refractivity contribution < 1.29 is 9.47 Å². The average molecular weight is 259 g/mol. The molecule has 1 aromatic heterocycles. The molecule has 0 atom stereocenters. The van der Waals surface area contributed by atoms with Crippen molar-refractivity contribution in [2.75, 3.05) is 19.8 Å². The lowest BCUT2D eigenvalue weighted by Crippen LogP contribution is -2.20. The Bertz CT molecular complexity index is 525. The predicted molar refractivity (Wildman–Crippen MR) is 71.4 cm³/mol. The highest BCUT2D eigenvalue weighted by molar-refractivity contribution is 5.43. The standard InChI is InChI=1S/C14H17N3O2/c1-4-16-17(6-1)7-5-15-11-12-2-3-13-14(10-12)19-9-8-18-13/h1-4,6,10,15H,5,7-9,11H2. The Morgan fingerprint density at radius 1 is 1.21 bits per heavy atom. The molecule has 5 heteroatoms. The smallest absolute Gasteiger partial charge is 0.161 e. The second kappa shape index (κ2) is 5.75. The van der Waals surface area contributed by atoms with Crippen LogP contribution in [0.25, 0.3) is 0 Å². The van der Waals surface area contributed by atoms with Gasteiger partial charge in [-0.05, 0) is 23.8 Å². The van der Waals surface area contributed by atoms with Crippen LogP contribution in [0.15, 0.2) is 36.7 Å². The summed E-state index contributed by atoms with van der Waals surface area (Å²) in [6, 6.07) is 8.00. The minimum atomic E-state index is 0.628. The molecule has 1 aliphatic heterocycles. The first-order chi connectivity index (χ1) is 9.42. The molecule has 0 saturated heterocycles. The van der Waals surface area contributed by atoms with Gasteiger partial charge in [-0.15, -0.1) is 0 Å². The first-order valence-electron chi connectivity index (χ1n) is 6.48. The molecule has 1 N–H and O–H groups in total. The van der Waals surface area contributed by atoms with Crippen LogP contribution in [0.3, 0.4) is 0 Å². The summed E-state index contributed by atoms with van der Waals surface area (Å²) in [5.74, 6) is 1.68. The van der Waals surface area contributed by atoms with Crippen LogP contribution >= 0.6 is 0 Å². The van der Waals surface area contributed by atoms with E-state index in [-0.39, 0.29) is 0 Å². The summed E-state index contributed by atoms with van der Waals surface area (Å²) in [6.07, 6.45) is 3.76. The molecule has 1 aliphatic rings. The van der Waals surface area contributed by atoms with E-state index in [4.69, 9.17) is 9.47 Å². The molecule has 1 aromatic carbocycles. The first kappa shape index (κ1) is 12.0. The third-order valence-electron chi connectivity index (χ3n) is 3.01. The normalized spacial score (nSPS) is 13.5. The summed E-state index contributed by atoms with van der Waals surface area (Å²) in [5, 5.41) is 7.55. The molecular weight excluding hydrogens is 242 g/mol. The fourth-order valence-corrected chi connectivity index (χ4v) is 2.06. The van der Waals surface area contributed by atoms with Gasteiger partial charge in [0.1, 0.15) is 13.2 Å². The molecule has 0 unspecified atom stereocenters. The quantitative estimate of drug-likeness (QED) is 0.826. The number of ether oxygens (including phenoxy) is 2. The summed E-state index contributed by atoms with van der Waals surface area (Å²) in [7, 11) is 0. The molecule has 5 nitrogen and oxygen atoms in total. The lowest BCUT2D eigenvalue weighted by molar-refractivity contribution is 0.171. The van der Waals surface area contributed by atoms with Crippen molar-refractivity contribution in [2.24, 2.45) is 0 Å². The number of benzene rings is 1. The van der Waals surface area contributed by atoms with Crippen LogP contribution in [-0.2, 0) is 13.1 Å². The topological polar surface area (TPSA) is 48.3 Å². The van der Waals surface area contributed by atoms with E-state index in [1.807, 2.05) is 29.1 Å². The van der Waals surface area contributed by atoms with Gasteiger partial charge in [0.25, 0.3) is 0 Å². The Balaban J connectivity index is 1.50. The van der Waals surface area contributed by atoms with Gasteiger partial charge in [0.15, 0.2) is 11.5 Å². The Kier molecular flexibility index (Phi) is 3.65. The molecule has 100 valence electrons. The molecule has 0 saturated carbocycles. The zero-order valence-electron chi connectivity index (χ0n) is 10.7. The number of hydrogen-bond acceptors (Lipinski definition) is 4. The maximum absolute atomic E-state index is 5.56. The van der Waals surface area contributed by atoms with E-state index in [0.29, 0.717) is 13.2 Å². The van der Waals surface area contributed by atoms with Crippen molar-refractivity contribution in [2.45, 2.75) is 13.1 Å². The fraction of sp³-hybridized carbons (Fsp3) is 0.357. The summed E-state index contributed by atoms with van der Waals surface area (Å²) >= 11 is 0. The van der Waals surface area contributed by atoms with Crippen LogP contribution < -0.4 is 14.8 Å². The fourth-order valence-electron chi connectivity index (χ4n) is 2.06. The lowest BCUT2D eigenvalue weighted by Gasteiger charge is -2.19. The van der Waals surface area contributed by atoms with Gasteiger partial charge in [0.05, 0.1) is 6.54 Å². The molecule has 0 fully saturated rings. The maximum Gasteiger partial charge on any atom is 0.161 e. The molecule has 0 bridgehead atoms. The maximum atomic E-state index is 5.56. The van der Waals surface area contributed by atoms with Gasteiger partial charge in [-0.3, -0.25) is 4.68 Å². The van der Waals surface area contributed by atoms with Gasteiger partial charge >= 0.3 is 0 Å². The monoisotopic (exact) mass is 259 g/mol. The molecule has 2 aromatic rings. The van der Waals surface area contributed by atoms with E-state index in [2.05, 4.69) is 16.5 Å². The molecular formula is C14H17N3O2. The molecule has 2 heterocycles. The zero-order valence-corrected chi connectivity index (χ0v) is 10.7. The van der Waals surface area contributed by atoms with Gasteiger partial charge in [0, 0.05) is 25.5 Å². The van der Waals surface area contributed by atoms with Crippen molar-refractivity contribution in [3.63, 3.8) is 0 Å². The van der Waals surface area contributed by atoms with Gasteiger partial charge in [-0.2, -0.15) is 5.10 Å². The highest BCUT2D eigenvalue weighted by Crippen LogP contribution is 2.30. The largest absolute Gasteiger partial charge is 0.486 e. The van der Waals surface area contributed by atoms with E-state index in [0.717, 1.165) is 31.1 Å². The van der Waals surface area contributed by atoms with E-state index in [1.165, 1.54) is 5.56 Å². The minimum Gasteiger partial charge on any atom is -0.486 e. The van der Waals surface area contributed by atoms with Crippen molar-refractivity contribution in [1.29, 1.82) is 0 Å². The van der Waals surface area contributed by atoms with Crippen LogP contribution in [0.1, 0.15) is 5.56 Å². The van der Waals surface area contributed by atoms with Crippen LogP contribution in [-0.4, -0.2) is 29.5 Å². The Labute approximate surface area is 112 Å². The summed E-state index contributed by atoms with van der Waals surface area (Å²) < 4.78 is 13.0. The van der Waals surface area contributed by atoms with Gasteiger partial charge in [-0.1, -0.05) is 6.07 Å². The third kappa shape index (κ3) is 3.06. The molecule has 0 aliphatic carbocycles. The SMILES string of the molecule is c1cnn(CCNCc2ccc3c(c2)OCCO3)c1. The number of aromatic nitrogens is 2. The van der Waals surface area contributed by atoms with Crippen molar-refractivity contribution >= 4 is 0 Å². The highest BCUT2D eigenvalue weighted by Gasteiger charge is 2.11. The summed E-state index contributed by atoms with van der Waals surface area (Å²) in [4.78, 5) is 0.